The lowest BCUT2D eigenvalue weighted by Gasteiger charge is -2.18. The lowest BCUT2D eigenvalue weighted by Crippen LogP contribution is -2.30. The number of rotatable bonds is 45. The molecule has 1 atom stereocenters. The van der Waals surface area contributed by atoms with E-state index < -0.39 is 6.10 Å². The van der Waals surface area contributed by atoms with Crippen LogP contribution in [0.4, 0.5) is 0 Å². The van der Waals surface area contributed by atoms with Crippen molar-refractivity contribution in [3.63, 3.8) is 0 Å². The van der Waals surface area contributed by atoms with Crippen LogP contribution in [0.15, 0.2) is 122 Å². The Bertz CT molecular complexity index is 1400. The average molecular weight is 899 g/mol. The predicted molar refractivity (Wildman–Crippen MR) is 279 cm³/mol. The largest absolute Gasteiger partial charge is 0.462 e. The van der Waals surface area contributed by atoms with Gasteiger partial charge in [-0.2, -0.15) is 0 Å². The van der Waals surface area contributed by atoms with Crippen LogP contribution >= 0.6 is 0 Å². The van der Waals surface area contributed by atoms with Gasteiger partial charge >= 0.3 is 17.9 Å². The summed E-state index contributed by atoms with van der Waals surface area (Å²) in [7, 11) is 0. The van der Waals surface area contributed by atoms with Crippen LogP contribution in [-0.2, 0) is 28.6 Å². The van der Waals surface area contributed by atoms with Gasteiger partial charge in [-0.05, 0) is 103 Å². The third-order valence-corrected chi connectivity index (χ3v) is 10.5. The molecular formula is C59H94O6. The molecule has 0 N–H and O–H groups in total. The molecule has 0 aliphatic heterocycles. The van der Waals surface area contributed by atoms with Crippen LogP contribution in [0.5, 0.6) is 0 Å². The van der Waals surface area contributed by atoms with E-state index in [-0.39, 0.29) is 44.0 Å². The van der Waals surface area contributed by atoms with Crippen LogP contribution < -0.4 is 0 Å². The summed E-state index contributed by atoms with van der Waals surface area (Å²) >= 11 is 0. The van der Waals surface area contributed by atoms with Crippen LogP contribution in [0.3, 0.4) is 0 Å². The first kappa shape index (κ1) is 60.8. The molecule has 0 aromatic rings. The van der Waals surface area contributed by atoms with Crippen molar-refractivity contribution in [1.29, 1.82) is 0 Å². The molecule has 0 radical (unpaired) electrons. The molecule has 65 heavy (non-hydrogen) atoms. The van der Waals surface area contributed by atoms with Gasteiger partial charge in [-0.25, -0.2) is 0 Å². The van der Waals surface area contributed by atoms with E-state index >= 15 is 0 Å². The Kier molecular flexibility index (Phi) is 49.1. The number of carbonyl (C=O) groups is 3. The molecular weight excluding hydrogens is 805 g/mol. The Balaban J connectivity index is 4.55. The maximum absolute atomic E-state index is 12.8. The Morgan fingerprint density at radius 3 is 1.20 bits per heavy atom. The highest BCUT2D eigenvalue weighted by molar-refractivity contribution is 5.71. The van der Waals surface area contributed by atoms with Gasteiger partial charge in [0.05, 0.1) is 0 Å². The Labute approximate surface area is 399 Å². The summed E-state index contributed by atoms with van der Waals surface area (Å²) in [6.07, 6.45) is 71.8. The summed E-state index contributed by atoms with van der Waals surface area (Å²) in [4.78, 5) is 38.0. The van der Waals surface area contributed by atoms with Gasteiger partial charge in [0.15, 0.2) is 6.10 Å². The van der Waals surface area contributed by atoms with E-state index in [1.165, 1.54) is 64.2 Å². The van der Waals surface area contributed by atoms with E-state index in [2.05, 4.69) is 118 Å². The van der Waals surface area contributed by atoms with Gasteiger partial charge in [0.2, 0.25) is 0 Å². The Morgan fingerprint density at radius 1 is 0.338 bits per heavy atom. The third-order valence-electron chi connectivity index (χ3n) is 10.5. The second kappa shape index (κ2) is 52.4. The van der Waals surface area contributed by atoms with Crippen LogP contribution in [0.1, 0.15) is 213 Å². The maximum Gasteiger partial charge on any atom is 0.306 e. The van der Waals surface area contributed by atoms with Crippen molar-refractivity contribution in [3.05, 3.63) is 122 Å². The highest BCUT2D eigenvalue weighted by Gasteiger charge is 2.19. The minimum absolute atomic E-state index is 0.111. The molecule has 0 fully saturated rings. The molecule has 366 valence electrons. The number of hydrogen-bond acceptors (Lipinski definition) is 6. The van der Waals surface area contributed by atoms with Crippen LogP contribution in [0, 0.1) is 0 Å². The topological polar surface area (TPSA) is 78.9 Å². The number of esters is 3. The predicted octanol–water partition coefficient (Wildman–Crippen LogP) is 17.3. The van der Waals surface area contributed by atoms with Crippen molar-refractivity contribution in [3.8, 4) is 0 Å². The SMILES string of the molecule is CC\C=C/C=C\C=C/C=C\CCCCCCCC(=O)OC(COC(=O)CCC/C=C\C/C=C\C/C=C\C/C=C\C/C=C\CC)COC(=O)CCCCCCCCC/C=C\CCCCCC. The fraction of sp³-hybridized carbons (Fsp3) is 0.610. The van der Waals surface area contributed by atoms with Crippen molar-refractivity contribution < 1.29 is 28.6 Å². The molecule has 0 spiro atoms. The molecule has 0 aromatic heterocycles. The van der Waals surface area contributed by atoms with Gasteiger partial charge in [-0.15, -0.1) is 0 Å². The maximum atomic E-state index is 12.8. The third kappa shape index (κ3) is 50.7. The first-order chi connectivity index (χ1) is 32.0. The minimum atomic E-state index is -0.818. The lowest BCUT2D eigenvalue weighted by molar-refractivity contribution is -0.167. The second-order valence-electron chi connectivity index (χ2n) is 16.8. The highest BCUT2D eigenvalue weighted by atomic mass is 16.6. The lowest BCUT2D eigenvalue weighted by atomic mass is 10.1. The summed E-state index contributed by atoms with van der Waals surface area (Å²) in [6.45, 7) is 6.28. The molecule has 6 heteroatoms. The van der Waals surface area contributed by atoms with Crippen molar-refractivity contribution in [2.45, 2.75) is 219 Å². The summed E-state index contributed by atoms with van der Waals surface area (Å²) in [5.41, 5.74) is 0. The number of carbonyl (C=O) groups excluding carboxylic acids is 3. The van der Waals surface area contributed by atoms with Gasteiger partial charge in [0.1, 0.15) is 13.2 Å². The number of unbranched alkanes of at least 4 members (excludes halogenated alkanes) is 17. The minimum Gasteiger partial charge on any atom is -0.462 e. The van der Waals surface area contributed by atoms with Crippen LogP contribution in [-0.4, -0.2) is 37.2 Å². The molecule has 0 rings (SSSR count). The first-order valence-corrected chi connectivity index (χ1v) is 26.1. The monoisotopic (exact) mass is 899 g/mol. The standard InChI is InChI=1S/C59H94O6/c1-4-7-10-13-16-19-22-25-28-29-32-34-37-40-43-46-49-52-58(61)64-55-56(65-59(62)53-50-47-44-41-38-35-31-27-24-21-18-15-12-9-6-3)54-63-57(60)51-48-45-42-39-36-33-30-26-23-20-17-14-11-8-5-2/h7,9-10,12,15-16,18-21,23-25,27-28,31-32,34,40,43,56H,4-6,8,11,13-14,17,22,26,29-30,33,35-39,41-42,44-55H2,1-3H3/b10-7-,12-9-,18-15-,19-16-,23-20-,24-21-,28-25-,31-27-,34-32-,43-40-. The van der Waals surface area contributed by atoms with E-state index in [9.17, 15) is 14.4 Å². The number of hydrogen-bond donors (Lipinski definition) is 0. The van der Waals surface area contributed by atoms with Crippen molar-refractivity contribution in [1.82, 2.24) is 0 Å². The molecule has 0 aliphatic carbocycles. The zero-order chi connectivity index (χ0) is 47.2. The number of ether oxygens (including phenoxy) is 3. The molecule has 0 aromatic carbocycles. The molecule has 6 nitrogen and oxygen atoms in total. The van der Waals surface area contributed by atoms with Crippen molar-refractivity contribution >= 4 is 17.9 Å². The molecule has 0 bridgehead atoms. The fourth-order valence-corrected chi connectivity index (χ4v) is 6.66. The Hall–Kier alpha value is -4.19. The summed E-state index contributed by atoms with van der Waals surface area (Å²) in [6, 6.07) is 0. The molecule has 0 amide bonds. The summed E-state index contributed by atoms with van der Waals surface area (Å²) in [5, 5.41) is 0. The Morgan fingerprint density at radius 2 is 0.692 bits per heavy atom. The van der Waals surface area contributed by atoms with Gasteiger partial charge < -0.3 is 14.2 Å². The van der Waals surface area contributed by atoms with E-state index in [0.717, 1.165) is 103 Å². The van der Waals surface area contributed by atoms with Crippen LogP contribution in [0.2, 0.25) is 0 Å². The zero-order valence-corrected chi connectivity index (χ0v) is 41.7. The van der Waals surface area contributed by atoms with Gasteiger partial charge in [-0.1, -0.05) is 213 Å². The summed E-state index contributed by atoms with van der Waals surface area (Å²) in [5.74, 6) is -1.01. The first-order valence-electron chi connectivity index (χ1n) is 26.1. The molecule has 0 aliphatic rings. The van der Waals surface area contributed by atoms with Crippen molar-refractivity contribution in [2.75, 3.05) is 13.2 Å². The quantitative estimate of drug-likeness (QED) is 0.0199. The van der Waals surface area contributed by atoms with Gasteiger partial charge in [0.25, 0.3) is 0 Å². The van der Waals surface area contributed by atoms with E-state index in [1.807, 2.05) is 24.3 Å². The van der Waals surface area contributed by atoms with Crippen molar-refractivity contribution in [2.24, 2.45) is 0 Å². The van der Waals surface area contributed by atoms with E-state index in [1.54, 1.807) is 0 Å². The molecule has 0 saturated heterocycles. The molecule has 0 heterocycles. The average Bonchev–Trinajstić information content (AvgIpc) is 3.30. The highest BCUT2D eigenvalue weighted by Crippen LogP contribution is 2.13. The van der Waals surface area contributed by atoms with Gasteiger partial charge in [-0.3, -0.25) is 14.4 Å². The molecule has 1 unspecified atom stereocenters. The normalized spacial score (nSPS) is 13.1. The van der Waals surface area contributed by atoms with Crippen LogP contribution in [0.25, 0.3) is 0 Å². The second-order valence-corrected chi connectivity index (χ2v) is 16.8. The smallest absolute Gasteiger partial charge is 0.306 e. The van der Waals surface area contributed by atoms with E-state index in [0.29, 0.717) is 12.8 Å². The number of allylic oxidation sites excluding steroid dienone is 20. The van der Waals surface area contributed by atoms with E-state index in [4.69, 9.17) is 14.2 Å². The zero-order valence-electron chi connectivity index (χ0n) is 41.7. The van der Waals surface area contributed by atoms with Gasteiger partial charge in [0, 0.05) is 19.3 Å². The summed E-state index contributed by atoms with van der Waals surface area (Å²) < 4.78 is 16.7. The molecule has 0 saturated carbocycles. The fourth-order valence-electron chi connectivity index (χ4n) is 6.66.